The zero-order valence-electron chi connectivity index (χ0n) is 23.1. The number of hydrogen-bond donors (Lipinski definition) is 6. The van der Waals surface area contributed by atoms with Crippen LogP contribution in [0.5, 0.6) is 5.75 Å². The summed E-state index contributed by atoms with van der Waals surface area (Å²) in [6.07, 6.45) is -10.2. The normalized spacial score (nSPS) is 15.9. The van der Waals surface area contributed by atoms with Crippen LogP contribution in [-0.4, -0.2) is 75.6 Å². The number of carbonyl (C=O) groups is 4. The molecule has 45 heavy (non-hydrogen) atoms. The van der Waals surface area contributed by atoms with Gasteiger partial charge in [0.15, 0.2) is 0 Å². The number of aliphatic carboxylic acids is 2. The number of alkyl halides is 6. The smallest absolute Gasteiger partial charge is 0.489 e. The van der Waals surface area contributed by atoms with Crippen LogP contribution in [0.2, 0.25) is 0 Å². The molecule has 4 rings (SSSR count). The Morgan fingerprint density at radius 1 is 0.933 bits per heavy atom. The Morgan fingerprint density at radius 2 is 1.49 bits per heavy atom. The van der Waals surface area contributed by atoms with Crippen molar-refractivity contribution >= 4 is 34.7 Å². The molecule has 2 heterocycles. The number of pyridine rings is 1. The van der Waals surface area contributed by atoms with E-state index in [1.54, 1.807) is 29.7 Å². The van der Waals surface area contributed by atoms with Gasteiger partial charge in [0.25, 0.3) is 5.91 Å². The van der Waals surface area contributed by atoms with Crippen LogP contribution in [0.15, 0.2) is 54.6 Å². The van der Waals surface area contributed by atoms with E-state index in [0.29, 0.717) is 31.0 Å². The van der Waals surface area contributed by atoms with Crippen LogP contribution in [0.3, 0.4) is 0 Å². The average molecular weight is 649 g/mol. The Balaban J connectivity index is 0.000000421. The fourth-order valence-corrected chi connectivity index (χ4v) is 3.82. The van der Waals surface area contributed by atoms with Crippen LogP contribution in [0.4, 0.5) is 26.3 Å². The number of hydrogen-bond acceptors (Lipinski definition) is 8. The largest absolute Gasteiger partial charge is 0.490 e. The maximum atomic E-state index is 12.6. The predicted octanol–water partition coefficient (Wildman–Crippen LogP) is 3.21. The highest BCUT2D eigenvalue weighted by atomic mass is 19.4. The van der Waals surface area contributed by atoms with Crippen LogP contribution in [0, 0.1) is 12.8 Å². The van der Waals surface area contributed by atoms with Crippen molar-refractivity contribution in [2.24, 2.45) is 5.92 Å². The van der Waals surface area contributed by atoms with Crippen molar-refractivity contribution in [3.05, 3.63) is 71.4 Å². The molecule has 1 saturated heterocycles. The minimum atomic E-state index is -5.08. The van der Waals surface area contributed by atoms with Crippen molar-refractivity contribution in [1.29, 1.82) is 0 Å². The van der Waals surface area contributed by atoms with E-state index in [4.69, 9.17) is 29.7 Å². The summed E-state index contributed by atoms with van der Waals surface area (Å²) in [7, 11) is 0. The summed E-state index contributed by atoms with van der Waals surface area (Å²) >= 11 is 0. The van der Waals surface area contributed by atoms with Crippen molar-refractivity contribution < 1.29 is 65.7 Å². The van der Waals surface area contributed by atoms with E-state index in [1.165, 1.54) is 0 Å². The summed E-state index contributed by atoms with van der Waals surface area (Å²) in [5, 5.41) is 30.0. The second-order valence-electron chi connectivity index (χ2n) is 9.18. The van der Waals surface area contributed by atoms with Gasteiger partial charge in [-0.1, -0.05) is 18.2 Å². The molecule has 0 bridgehead atoms. The molecular weight excluding hydrogens is 622 g/mol. The molecule has 18 heteroatoms. The highest BCUT2D eigenvalue weighted by molar-refractivity contribution is 5.95. The predicted molar refractivity (Wildman–Crippen MR) is 142 cm³/mol. The number of nitrogens with one attached hydrogen (secondary N) is 3. The SMILES string of the molecule is Cc1cc(COc2ccc(C(=O)NC3CNCC3C(=O)NO)cc2)c2ccccc2n1.O=C(O)C(F)(F)F.O=C(O)C(F)(F)F. The van der Waals surface area contributed by atoms with Crippen LogP contribution < -0.4 is 20.9 Å². The first kappa shape index (κ1) is 36.2. The third-order valence-electron chi connectivity index (χ3n) is 5.90. The van der Waals surface area contributed by atoms with Crippen molar-refractivity contribution in [1.82, 2.24) is 21.1 Å². The van der Waals surface area contributed by atoms with E-state index in [2.05, 4.69) is 15.6 Å². The summed E-state index contributed by atoms with van der Waals surface area (Å²) in [6, 6.07) is 16.4. The number of ether oxygens (including phenoxy) is 1. The maximum Gasteiger partial charge on any atom is 0.490 e. The summed E-state index contributed by atoms with van der Waals surface area (Å²) in [5.41, 5.74) is 5.02. The molecule has 1 aliphatic heterocycles. The van der Waals surface area contributed by atoms with Gasteiger partial charge in [0.2, 0.25) is 5.91 Å². The first-order valence-corrected chi connectivity index (χ1v) is 12.6. The quantitative estimate of drug-likeness (QED) is 0.132. The van der Waals surface area contributed by atoms with E-state index in [9.17, 15) is 35.9 Å². The van der Waals surface area contributed by atoms with Crippen LogP contribution in [0.25, 0.3) is 10.9 Å². The van der Waals surface area contributed by atoms with Gasteiger partial charge in [-0.2, -0.15) is 26.3 Å². The number of para-hydroxylation sites is 1. The molecule has 6 N–H and O–H groups in total. The molecule has 12 nitrogen and oxygen atoms in total. The standard InChI is InChI=1S/C23H24N4O4.2C2HF3O2/c1-14-10-16(18-4-2-3-5-20(18)25-14)13-31-17-8-6-15(7-9-17)22(28)26-21-12-24-11-19(21)23(29)27-30;2*3-2(4,5)1(6)7/h2-10,19,21,24,30H,11-13H2,1H3,(H,26,28)(H,27,29);2*(H,6,7). The van der Waals surface area contributed by atoms with E-state index < -0.39 is 42.2 Å². The monoisotopic (exact) mass is 648 g/mol. The van der Waals surface area contributed by atoms with Gasteiger partial charge in [0.1, 0.15) is 12.4 Å². The van der Waals surface area contributed by atoms with Crippen LogP contribution in [-0.2, 0) is 21.0 Å². The maximum absolute atomic E-state index is 12.6. The molecule has 1 fully saturated rings. The Morgan fingerprint density at radius 3 is 2.02 bits per heavy atom. The number of fused-ring (bicyclic) bond motifs is 1. The topological polar surface area (TPSA) is 187 Å². The van der Waals surface area contributed by atoms with Crippen molar-refractivity contribution in [2.45, 2.75) is 31.9 Å². The summed E-state index contributed by atoms with van der Waals surface area (Å²) < 4.78 is 69.4. The van der Waals surface area contributed by atoms with E-state index >= 15 is 0 Å². The lowest BCUT2D eigenvalue weighted by molar-refractivity contribution is -0.193. The number of carboxylic acid groups (broad SMARTS) is 2. The number of aromatic nitrogens is 1. The first-order valence-electron chi connectivity index (χ1n) is 12.6. The van der Waals surface area contributed by atoms with Gasteiger partial charge >= 0.3 is 24.3 Å². The van der Waals surface area contributed by atoms with Gasteiger partial charge in [-0.3, -0.25) is 19.8 Å². The number of carboxylic acids is 2. The Bertz CT molecular complexity index is 1480. The Labute approximate surface area is 250 Å². The molecule has 0 spiro atoms. The molecule has 0 aliphatic carbocycles. The Hall–Kier alpha value is -4.97. The highest BCUT2D eigenvalue weighted by Crippen LogP contribution is 2.21. The Kier molecular flexibility index (Phi) is 12.6. The molecule has 2 unspecified atom stereocenters. The second-order valence-corrected chi connectivity index (χ2v) is 9.18. The number of rotatable bonds is 6. The zero-order valence-corrected chi connectivity index (χ0v) is 23.1. The number of amides is 2. The van der Waals surface area contributed by atoms with Crippen molar-refractivity contribution in [3.63, 3.8) is 0 Å². The lowest BCUT2D eigenvalue weighted by Crippen LogP contribution is -2.45. The molecule has 2 aromatic carbocycles. The third-order valence-corrected chi connectivity index (χ3v) is 5.90. The summed E-state index contributed by atoms with van der Waals surface area (Å²) in [5.74, 6) is -6.19. The molecule has 1 aliphatic rings. The lowest BCUT2D eigenvalue weighted by atomic mass is 10.0. The van der Waals surface area contributed by atoms with Crippen molar-refractivity contribution in [3.8, 4) is 5.75 Å². The van der Waals surface area contributed by atoms with E-state index in [-0.39, 0.29) is 5.91 Å². The van der Waals surface area contributed by atoms with Crippen molar-refractivity contribution in [2.75, 3.05) is 13.1 Å². The third kappa shape index (κ3) is 11.2. The number of hydroxylamine groups is 1. The van der Waals surface area contributed by atoms with Gasteiger partial charge in [-0.05, 0) is 43.3 Å². The number of nitrogens with zero attached hydrogens (tertiary/aromatic N) is 1. The second kappa shape index (κ2) is 15.7. The van der Waals surface area contributed by atoms with E-state index in [1.807, 2.05) is 37.3 Å². The molecule has 1 aromatic heterocycles. The lowest BCUT2D eigenvalue weighted by Gasteiger charge is -2.18. The minimum Gasteiger partial charge on any atom is -0.489 e. The van der Waals surface area contributed by atoms with Crippen LogP contribution >= 0.6 is 0 Å². The summed E-state index contributed by atoms with van der Waals surface area (Å²) in [6.45, 7) is 3.21. The fraction of sp³-hybridized carbons (Fsp3) is 0.296. The van der Waals surface area contributed by atoms with Crippen LogP contribution in [0.1, 0.15) is 21.6 Å². The molecule has 0 radical (unpaired) electrons. The number of halogens is 6. The average Bonchev–Trinajstić information content (AvgIpc) is 3.43. The molecule has 244 valence electrons. The number of benzene rings is 2. The minimum absolute atomic E-state index is 0.285. The van der Waals surface area contributed by atoms with Gasteiger partial charge in [-0.15, -0.1) is 0 Å². The zero-order chi connectivity index (χ0) is 33.9. The van der Waals surface area contributed by atoms with Gasteiger partial charge in [0, 0.05) is 35.3 Å². The number of carbonyl (C=O) groups excluding carboxylic acids is 2. The molecular formula is C27H26F6N4O8. The molecule has 0 saturated carbocycles. The summed E-state index contributed by atoms with van der Waals surface area (Å²) in [4.78, 5) is 46.6. The fourth-order valence-electron chi connectivity index (χ4n) is 3.82. The highest BCUT2D eigenvalue weighted by Gasteiger charge is 2.39. The van der Waals surface area contributed by atoms with Gasteiger partial charge in [0.05, 0.1) is 17.5 Å². The molecule has 2 atom stereocenters. The molecule has 2 amide bonds. The first-order chi connectivity index (χ1) is 20.9. The molecule has 3 aromatic rings. The van der Waals surface area contributed by atoms with Gasteiger partial charge < -0.3 is 25.6 Å². The number of aryl methyl sites for hydroxylation is 1. The van der Waals surface area contributed by atoms with Gasteiger partial charge in [-0.25, -0.2) is 15.1 Å². The van der Waals surface area contributed by atoms with E-state index in [0.717, 1.165) is 22.2 Å².